The molecule has 1 fully saturated rings. The fourth-order valence-electron chi connectivity index (χ4n) is 2.71. The van der Waals surface area contributed by atoms with Gasteiger partial charge in [-0.15, -0.1) is 5.10 Å². The molecular weight excluding hydrogens is 312 g/mol. The van der Waals surface area contributed by atoms with Gasteiger partial charge in [0.15, 0.2) is 0 Å². The smallest absolute Gasteiger partial charge is 0.242 e. The van der Waals surface area contributed by atoms with E-state index in [1.54, 1.807) is 0 Å². The van der Waals surface area contributed by atoms with E-state index < -0.39 is 6.04 Å². The summed E-state index contributed by atoms with van der Waals surface area (Å²) in [6, 6.07) is 9.07. The Kier molecular flexibility index (Phi) is 4.70. The van der Waals surface area contributed by atoms with Crippen LogP contribution in [-0.4, -0.2) is 34.7 Å². The molecule has 1 aromatic heterocycles. The summed E-state index contributed by atoms with van der Waals surface area (Å²) in [6.07, 6.45) is 1.57. The van der Waals surface area contributed by atoms with Crippen LogP contribution in [0.25, 0.3) is 11.3 Å². The van der Waals surface area contributed by atoms with Crippen molar-refractivity contribution in [2.45, 2.75) is 25.8 Å². The summed E-state index contributed by atoms with van der Waals surface area (Å²) in [5, 5.41) is 7.65. The molecule has 1 amide bonds. The van der Waals surface area contributed by atoms with Crippen molar-refractivity contribution in [3.8, 4) is 11.3 Å². The molecule has 1 aliphatic rings. The zero-order chi connectivity index (χ0) is 16.3. The molecule has 2 heterocycles. The van der Waals surface area contributed by atoms with Crippen molar-refractivity contribution in [1.82, 2.24) is 9.59 Å². The van der Waals surface area contributed by atoms with Crippen LogP contribution >= 0.6 is 11.5 Å². The number of nitrogens with one attached hydrogen (secondary N) is 1. The largest absolute Gasteiger partial charge is 0.381 e. The van der Waals surface area contributed by atoms with Crippen molar-refractivity contribution in [2.75, 3.05) is 18.5 Å². The Bertz CT molecular complexity index is 668. The molecule has 1 atom stereocenters. The van der Waals surface area contributed by atoms with Gasteiger partial charge in [0.1, 0.15) is 10.7 Å². The zero-order valence-corrected chi connectivity index (χ0v) is 13.8. The van der Waals surface area contributed by atoms with E-state index in [1.807, 2.05) is 37.3 Å². The molecule has 7 heteroatoms. The predicted octanol–water partition coefficient (Wildman–Crippen LogP) is 2.29. The number of anilines is 1. The number of hydrogen-bond acceptors (Lipinski definition) is 6. The molecule has 0 bridgehead atoms. The van der Waals surface area contributed by atoms with Crippen LogP contribution in [0.2, 0.25) is 0 Å². The van der Waals surface area contributed by atoms with Crippen LogP contribution in [0.5, 0.6) is 0 Å². The first-order valence-electron chi connectivity index (χ1n) is 7.62. The molecule has 0 unspecified atom stereocenters. The fourth-order valence-corrected chi connectivity index (χ4v) is 3.31. The lowest BCUT2D eigenvalue weighted by Crippen LogP contribution is -2.50. The minimum absolute atomic E-state index is 0.197. The lowest BCUT2D eigenvalue weighted by Gasteiger charge is -2.37. The Morgan fingerprint density at radius 3 is 2.74 bits per heavy atom. The number of rotatable bonds is 4. The third-order valence-corrected chi connectivity index (χ3v) is 5.08. The maximum absolute atomic E-state index is 12.6. The van der Waals surface area contributed by atoms with E-state index in [4.69, 9.17) is 10.5 Å². The highest BCUT2D eigenvalue weighted by Gasteiger charge is 2.38. The van der Waals surface area contributed by atoms with E-state index in [0.29, 0.717) is 23.9 Å². The Balaban J connectivity index is 1.75. The number of nitrogens with zero attached hydrogens (tertiary/aromatic N) is 2. The van der Waals surface area contributed by atoms with Crippen LogP contribution in [0.4, 0.5) is 5.00 Å². The Labute approximate surface area is 139 Å². The van der Waals surface area contributed by atoms with E-state index in [1.165, 1.54) is 0 Å². The van der Waals surface area contributed by atoms with Gasteiger partial charge in [-0.25, -0.2) is 0 Å². The molecule has 1 saturated heterocycles. The highest BCUT2D eigenvalue weighted by atomic mass is 32.1. The second kappa shape index (κ2) is 6.74. The monoisotopic (exact) mass is 332 g/mol. The molecule has 6 nitrogen and oxygen atoms in total. The van der Waals surface area contributed by atoms with Crippen molar-refractivity contribution in [3.63, 3.8) is 0 Å². The number of amides is 1. The first-order valence-corrected chi connectivity index (χ1v) is 8.39. The third-order valence-electron chi connectivity index (χ3n) is 4.44. The van der Waals surface area contributed by atoms with Crippen molar-refractivity contribution < 1.29 is 9.53 Å². The maximum atomic E-state index is 12.6. The van der Waals surface area contributed by atoms with Crippen LogP contribution in [-0.2, 0) is 9.53 Å². The summed E-state index contributed by atoms with van der Waals surface area (Å²) >= 11 is 1.16. The second-order valence-electron chi connectivity index (χ2n) is 6.05. The number of ether oxygens (including phenoxy) is 1. The zero-order valence-electron chi connectivity index (χ0n) is 13.0. The molecule has 0 aliphatic carbocycles. The molecule has 0 spiro atoms. The predicted molar refractivity (Wildman–Crippen MR) is 90.1 cm³/mol. The molecule has 0 saturated carbocycles. The highest BCUT2D eigenvalue weighted by Crippen LogP contribution is 2.34. The molecular formula is C16H20N4O2S. The maximum Gasteiger partial charge on any atom is 0.242 e. The summed E-state index contributed by atoms with van der Waals surface area (Å²) in [4.78, 5) is 12.6. The van der Waals surface area contributed by atoms with E-state index in [9.17, 15) is 4.79 Å². The average molecular weight is 332 g/mol. The highest BCUT2D eigenvalue weighted by molar-refractivity contribution is 7.10. The Morgan fingerprint density at radius 1 is 1.35 bits per heavy atom. The number of carbonyl (C=O) groups is 1. The van der Waals surface area contributed by atoms with Crippen LogP contribution in [0, 0.1) is 5.41 Å². The van der Waals surface area contributed by atoms with Gasteiger partial charge >= 0.3 is 0 Å². The Hall–Kier alpha value is -1.83. The Morgan fingerprint density at radius 2 is 2.04 bits per heavy atom. The lowest BCUT2D eigenvalue weighted by atomic mass is 9.75. The quantitative estimate of drug-likeness (QED) is 0.896. The summed E-state index contributed by atoms with van der Waals surface area (Å²) in [5.41, 5.74) is 7.58. The molecule has 1 aliphatic heterocycles. The van der Waals surface area contributed by atoms with E-state index >= 15 is 0 Å². The molecule has 3 N–H and O–H groups in total. The van der Waals surface area contributed by atoms with E-state index in [2.05, 4.69) is 14.9 Å². The topological polar surface area (TPSA) is 90.1 Å². The minimum atomic E-state index is -0.586. The first kappa shape index (κ1) is 16.0. The number of aromatic nitrogens is 2. The molecule has 1 aromatic carbocycles. The van der Waals surface area contributed by atoms with Crippen molar-refractivity contribution in [2.24, 2.45) is 11.1 Å². The van der Waals surface area contributed by atoms with Gasteiger partial charge in [0, 0.05) is 30.3 Å². The number of hydrogen-bond donors (Lipinski definition) is 2. The first-order chi connectivity index (χ1) is 11.1. The number of carbonyl (C=O) groups excluding carboxylic acids is 1. The summed E-state index contributed by atoms with van der Waals surface area (Å²) in [6.45, 7) is 3.34. The average Bonchev–Trinajstić information content (AvgIpc) is 3.03. The third kappa shape index (κ3) is 3.41. The van der Waals surface area contributed by atoms with E-state index in [-0.39, 0.29) is 11.3 Å². The normalized spacial score (nSPS) is 18.3. The van der Waals surface area contributed by atoms with Crippen LogP contribution < -0.4 is 11.1 Å². The van der Waals surface area contributed by atoms with Crippen LogP contribution in [0.15, 0.2) is 30.3 Å². The molecule has 23 heavy (non-hydrogen) atoms. The lowest BCUT2D eigenvalue weighted by molar-refractivity contribution is -0.121. The second-order valence-corrected chi connectivity index (χ2v) is 6.80. The molecule has 0 radical (unpaired) electrons. The summed E-state index contributed by atoms with van der Waals surface area (Å²) in [5.74, 6) is -0.197. The van der Waals surface area contributed by atoms with Crippen LogP contribution in [0.1, 0.15) is 19.8 Å². The number of benzene rings is 1. The van der Waals surface area contributed by atoms with E-state index in [0.717, 1.165) is 29.9 Å². The minimum Gasteiger partial charge on any atom is -0.381 e. The number of nitrogens with two attached hydrogens (primary N) is 1. The molecule has 122 valence electrons. The van der Waals surface area contributed by atoms with Crippen molar-refractivity contribution in [3.05, 3.63) is 30.3 Å². The van der Waals surface area contributed by atoms with Gasteiger partial charge < -0.3 is 15.8 Å². The van der Waals surface area contributed by atoms with Gasteiger partial charge in [-0.2, -0.15) is 0 Å². The van der Waals surface area contributed by atoms with Crippen molar-refractivity contribution >= 4 is 22.4 Å². The van der Waals surface area contributed by atoms with Gasteiger partial charge in [0.05, 0.1) is 6.04 Å². The van der Waals surface area contributed by atoms with Gasteiger partial charge in [-0.05, 0) is 18.3 Å². The summed E-state index contributed by atoms with van der Waals surface area (Å²) in [7, 11) is 0. The van der Waals surface area contributed by atoms with Gasteiger partial charge in [0.25, 0.3) is 0 Å². The SMILES string of the molecule is CC1([C@H](N)C(=O)Nc2snnc2-c2ccccc2)CCOCC1. The molecule has 3 rings (SSSR count). The van der Waals surface area contributed by atoms with Gasteiger partial charge in [-0.1, -0.05) is 41.7 Å². The molecule has 2 aromatic rings. The fraction of sp³-hybridized carbons (Fsp3) is 0.438. The summed E-state index contributed by atoms with van der Waals surface area (Å²) < 4.78 is 9.33. The van der Waals surface area contributed by atoms with Gasteiger partial charge in [0.2, 0.25) is 5.91 Å². The standard InChI is InChI=1S/C16H20N4O2S/c1-16(7-9-22-10-8-16)13(17)14(21)18-15-12(19-20-23-15)11-5-3-2-4-6-11/h2-6,13H,7-10,17H2,1H3,(H,18,21)/t13-/m1/s1. The van der Waals surface area contributed by atoms with Crippen LogP contribution in [0.3, 0.4) is 0 Å². The van der Waals surface area contributed by atoms with Crippen molar-refractivity contribution in [1.29, 1.82) is 0 Å². The van der Waals surface area contributed by atoms with Gasteiger partial charge in [-0.3, -0.25) is 4.79 Å².